The molecule has 1 amide bonds. The van der Waals surface area contributed by atoms with Gasteiger partial charge in [-0.1, -0.05) is 29.9 Å². The van der Waals surface area contributed by atoms with Crippen molar-refractivity contribution in [1.29, 1.82) is 0 Å². The van der Waals surface area contributed by atoms with E-state index in [1.807, 2.05) is 19.1 Å². The highest BCUT2D eigenvalue weighted by molar-refractivity contribution is 7.19. The number of thiazole rings is 1. The number of carbonyl (C=O) groups excluding carboxylic acids is 1. The summed E-state index contributed by atoms with van der Waals surface area (Å²) < 4.78 is 0. The summed E-state index contributed by atoms with van der Waals surface area (Å²) in [6.07, 6.45) is 3.40. The SMILES string of the molecule is CC(N)=NC(C)=NCC(C)C(=O)N(C)c1sc(-c2cccnc2)nc1Cl. The first-order valence-electron chi connectivity index (χ1n) is 7.95. The van der Waals surface area contributed by atoms with E-state index in [1.165, 1.54) is 16.2 Å². The number of carbonyl (C=O) groups is 1. The normalized spacial score (nSPS) is 13.6. The van der Waals surface area contributed by atoms with Crippen molar-refractivity contribution in [3.63, 3.8) is 0 Å². The van der Waals surface area contributed by atoms with Crippen molar-refractivity contribution in [3.8, 4) is 10.6 Å². The summed E-state index contributed by atoms with van der Waals surface area (Å²) in [4.78, 5) is 31.0. The first kappa shape index (κ1) is 20.0. The van der Waals surface area contributed by atoms with E-state index in [0.717, 1.165) is 5.56 Å². The lowest BCUT2D eigenvalue weighted by Crippen LogP contribution is -2.32. The number of anilines is 1. The fourth-order valence-corrected chi connectivity index (χ4v) is 3.47. The Balaban J connectivity index is 2.13. The largest absolute Gasteiger partial charge is 0.387 e. The zero-order valence-corrected chi connectivity index (χ0v) is 16.7. The molecule has 0 aliphatic rings. The van der Waals surface area contributed by atoms with Gasteiger partial charge in [0, 0.05) is 25.0 Å². The van der Waals surface area contributed by atoms with Crippen molar-refractivity contribution < 1.29 is 4.79 Å². The molecule has 0 aliphatic heterocycles. The average molecular weight is 393 g/mol. The highest BCUT2D eigenvalue weighted by atomic mass is 35.5. The second-order valence-corrected chi connectivity index (χ2v) is 7.13. The Morgan fingerprint density at radius 2 is 2.19 bits per heavy atom. The zero-order chi connectivity index (χ0) is 19.3. The monoisotopic (exact) mass is 392 g/mol. The average Bonchev–Trinajstić information content (AvgIpc) is 3.00. The molecule has 1 atom stereocenters. The lowest BCUT2D eigenvalue weighted by atomic mass is 10.1. The van der Waals surface area contributed by atoms with Crippen LogP contribution in [-0.2, 0) is 4.79 Å². The minimum Gasteiger partial charge on any atom is -0.387 e. The molecule has 0 saturated carbocycles. The van der Waals surface area contributed by atoms with Crippen LogP contribution < -0.4 is 10.6 Å². The van der Waals surface area contributed by atoms with Crippen molar-refractivity contribution in [2.24, 2.45) is 21.6 Å². The van der Waals surface area contributed by atoms with Crippen LogP contribution in [0.1, 0.15) is 20.8 Å². The van der Waals surface area contributed by atoms with Crippen molar-refractivity contribution in [2.45, 2.75) is 20.8 Å². The quantitative estimate of drug-likeness (QED) is 0.623. The summed E-state index contributed by atoms with van der Waals surface area (Å²) >= 11 is 7.60. The number of aliphatic imine (C=N–C) groups is 2. The van der Waals surface area contributed by atoms with Crippen molar-refractivity contribution in [2.75, 3.05) is 18.5 Å². The molecule has 0 fully saturated rings. The van der Waals surface area contributed by atoms with Crippen LogP contribution in [0.3, 0.4) is 0 Å². The number of hydrogen-bond donors (Lipinski definition) is 1. The Morgan fingerprint density at radius 3 is 2.81 bits per heavy atom. The number of halogens is 1. The van der Waals surface area contributed by atoms with Crippen molar-refractivity contribution in [3.05, 3.63) is 29.7 Å². The lowest BCUT2D eigenvalue weighted by molar-refractivity contribution is -0.121. The Bertz CT molecular complexity index is 829. The molecule has 2 N–H and O–H groups in total. The fourth-order valence-electron chi connectivity index (χ4n) is 2.18. The van der Waals surface area contributed by atoms with E-state index in [2.05, 4.69) is 20.0 Å². The highest BCUT2D eigenvalue weighted by Crippen LogP contribution is 2.37. The van der Waals surface area contributed by atoms with Gasteiger partial charge in [0.1, 0.15) is 15.8 Å². The van der Waals surface area contributed by atoms with Crippen molar-refractivity contribution in [1.82, 2.24) is 9.97 Å². The minimum atomic E-state index is -0.330. The van der Waals surface area contributed by atoms with Crippen LogP contribution in [-0.4, -0.2) is 41.1 Å². The summed E-state index contributed by atoms with van der Waals surface area (Å²) in [7, 11) is 1.68. The molecule has 7 nitrogen and oxygen atoms in total. The van der Waals surface area contributed by atoms with Crippen molar-refractivity contribution >= 4 is 45.5 Å². The molecule has 0 saturated heterocycles. The smallest absolute Gasteiger partial charge is 0.232 e. The lowest BCUT2D eigenvalue weighted by Gasteiger charge is -2.18. The second kappa shape index (κ2) is 8.86. The number of aromatic nitrogens is 2. The van der Waals surface area contributed by atoms with Gasteiger partial charge in [-0.25, -0.2) is 9.98 Å². The molecule has 2 rings (SSSR count). The summed E-state index contributed by atoms with van der Waals surface area (Å²) in [5, 5.41) is 1.60. The minimum absolute atomic E-state index is 0.0988. The van der Waals surface area contributed by atoms with Gasteiger partial charge in [-0.05, 0) is 26.0 Å². The van der Waals surface area contributed by atoms with E-state index in [4.69, 9.17) is 17.3 Å². The number of amides is 1. The molecule has 0 bridgehead atoms. The molecule has 1 unspecified atom stereocenters. The Labute approximate surface area is 161 Å². The third-order valence-electron chi connectivity index (χ3n) is 3.47. The first-order chi connectivity index (χ1) is 12.3. The Kier molecular flexibility index (Phi) is 6.82. The fraction of sp³-hybridized carbons (Fsp3) is 0.353. The van der Waals surface area contributed by atoms with Gasteiger partial charge in [0.2, 0.25) is 5.91 Å². The maximum Gasteiger partial charge on any atom is 0.232 e. The number of rotatable bonds is 5. The third kappa shape index (κ3) is 5.09. The van der Waals surface area contributed by atoms with Gasteiger partial charge in [-0.2, -0.15) is 0 Å². The predicted molar refractivity (Wildman–Crippen MR) is 108 cm³/mol. The molecule has 2 aromatic rings. The Hall–Kier alpha value is -2.32. The van der Waals surface area contributed by atoms with Gasteiger partial charge in [0.25, 0.3) is 0 Å². The second-order valence-electron chi connectivity index (χ2n) is 5.80. The van der Waals surface area contributed by atoms with Crippen LogP contribution in [0.25, 0.3) is 10.6 Å². The van der Waals surface area contributed by atoms with Crippen LogP contribution in [0, 0.1) is 5.92 Å². The van der Waals surface area contributed by atoms with Crippen LogP contribution in [0.15, 0.2) is 34.5 Å². The first-order valence-corrected chi connectivity index (χ1v) is 9.15. The highest BCUT2D eigenvalue weighted by Gasteiger charge is 2.23. The molecule has 0 aliphatic carbocycles. The molecule has 2 aromatic heterocycles. The summed E-state index contributed by atoms with van der Waals surface area (Å²) in [6, 6.07) is 3.72. The predicted octanol–water partition coefficient (Wildman–Crippen LogP) is 3.25. The molecular formula is C17H21ClN6OS. The summed E-state index contributed by atoms with van der Waals surface area (Å²) in [6.45, 7) is 5.56. The van der Waals surface area contributed by atoms with Crippen LogP contribution in [0.2, 0.25) is 5.15 Å². The van der Waals surface area contributed by atoms with E-state index in [1.54, 1.807) is 33.3 Å². The Morgan fingerprint density at radius 1 is 1.46 bits per heavy atom. The molecule has 26 heavy (non-hydrogen) atoms. The van der Waals surface area contributed by atoms with Gasteiger partial charge in [-0.3, -0.25) is 14.8 Å². The van der Waals surface area contributed by atoms with E-state index in [0.29, 0.717) is 33.4 Å². The number of nitrogens with two attached hydrogens (primary N) is 1. The number of nitrogens with zero attached hydrogens (tertiary/aromatic N) is 5. The van der Waals surface area contributed by atoms with Crippen LogP contribution in [0.4, 0.5) is 5.00 Å². The van der Waals surface area contributed by atoms with E-state index >= 15 is 0 Å². The van der Waals surface area contributed by atoms with Gasteiger partial charge in [0.05, 0.1) is 18.3 Å². The van der Waals surface area contributed by atoms with E-state index in [9.17, 15) is 4.79 Å². The standard InChI is InChI=1S/C17H21ClN6OS/c1-10(8-21-12(3)22-11(2)19)16(25)24(4)17-14(18)23-15(26-17)13-6-5-7-20-9-13/h5-7,9-10H,8H2,1-4H3,(H2,19,21,22). The molecule has 2 heterocycles. The van der Waals surface area contributed by atoms with Crippen LogP contribution in [0.5, 0.6) is 0 Å². The molecule has 0 aromatic carbocycles. The van der Waals surface area contributed by atoms with Gasteiger partial charge < -0.3 is 10.6 Å². The van der Waals surface area contributed by atoms with E-state index < -0.39 is 0 Å². The van der Waals surface area contributed by atoms with Gasteiger partial charge >= 0.3 is 0 Å². The summed E-state index contributed by atoms with van der Waals surface area (Å²) in [5.74, 6) is 0.547. The van der Waals surface area contributed by atoms with Gasteiger partial charge in [0.15, 0.2) is 5.15 Å². The third-order valence-corrected chi connectivity index (χ3v) is 5.02. The van der Waals surface area contributed by atoms with E-state index in [-0.39, 0.29) is 11.8 Å². The number of pyridine rings is 1. The van der Waals surface area contributed by atoms with Gasteiger partial charge in [-0.15, -0.1) is 0 Å². The number of hydrogen-bond acceptors (Lipinski definition) is 5. The molecule has 138 valence electrons. The molecule has 0 radical (unpaired) electrons. The zero-order valence-electron chi connectivity index (χ0n) is 15.1. The molecule has 9 heteroatoms. The maximum atomic E-state index is 12.7. The molecular weight excluding hydrogens is 372 g/mol. The summed E-state index contributed by atoms with van der Waals surface area (Å²) in [5.41, 5.74) is 6.38. The molecule has 0 spiro atoms. The topological polar surface area (TPSA) is 96.8 Å². The van der Waals surface area contributed by atoms with Crippen LogP contribution >= 0.6 is 22.9 Å². The number of amidine groups is 2. The maximum absolute atomic E-state index is 12.7.